The topological polar surface area (TPSA) is 29.5 Å². The van der Waals surface area contributed by atoms with Crippen molar-refractivity contribution in [2.75, 3.05) is 13.7 Å². The predicted octanol–water partition coefficient (Wildman–Crippen LogP) is 1.99. The molecule has 1 aromatic carbocycles. The molecule has 0 amide bonds. The molecule has 0 saturated heterocycles. The zero-order valence-electron chi connectivity index (χ0n) is 6.88. The summed E-state index contributed by atoms with van der Waals surface area (Å²) >= 11 is 3.36. The van der Waals surface area contributed by atoms with Crippen molar-refractivity contribution in [3.05, 3.63) is 28.2 Å². The minimum atomic E-state index is 0.166. The third-order valence-electron chi connectivity index (χ3n) is 1.57. The summed E-state index contributed by atoms with van der Waals surface area (Å²) in [6.07, 6.45) is 0.662. The molecule has 0 saturated carbocycles. The fourth-order valence-corrected chi connectivity index (χ4v) is 1.53. The van der Waals surface area contributed by atoms with E-state index in [2.05, 4.69) is 15.9 Å². The van der Waals surface area contributed by atoms with Crippen molar-refractivity contribution in [2.24, 2.45) is 0 Å². The summed E-state index contributed by atoms with van der Waals surface area (Å²) in [4.78, 5) is 0. The first-order valence-corrected chi connectivity index (χ1v) is 4.50. The van der Waals surface area contributed by atoms with Gasteiger partial charge >= 0.3 is 0 Å². The summed E-state index contributed by atoms with van der Waals surface area (Å²) < 4.78 is 6.05. The highest BCUT2D eigenvalue weighted by Crippen LogP contribution is 2.21. The van der Waals surface area contributed by atoms with E-state index in [0.717, 1.165) is 15.8 Å². The first-order valence-electron chi connectivity index (χ1n) is 3.70. The van der Waals surface area contributed by atoms with Gasteiger partial charge in [0.2, 0.25) is 0 Å². The maximum Gasteiger partial charge on any atom is 0.120 e. The molecule has 0 heterocycles. The van der Waals surface area contributed by atoms with Crippen LogP contribution in [0.3, 0.4) is 0 Å². The summed E-state index contributed by atoms with van der Waals surface area (Å²) in [5.74, 6) is 0.813. The molecule has 66 valence electrons. The maximum atomic E-state index is 8.72. The minimum Gasteiger partial charge on any atom is -0.497 e. The number of methoxy groups -OCH3 is 1. The predicted molar refractivity (Wildman–Crippen MR) is 51.5 cm³/mol. The van der Waals surface area contributed by atoms with E-state index in [4.69, 9.17) is 9.84 Å². The van der Waals surface area contributed by atoms with Crippen molar-refractivity contribution in [1.29, 1.82) is 0 Å². The Morgan fingerprint density at radius 3 is 2.75 bits per heavy atom. The van der Waals surface area contributed by atoms with Crippen LogP contribution in [0.15, 0.2) is 22.7 Å². The summed E-state index contributed by atoms with van der Waals surface area (Å²) in [5.41, 5.74) is 1.07. The number of rotatable bonds is 3. The van der Waals surface area contributed by atoms with Crippen LogP contribution in [0.1, 0.15) is 5.56 Å². The lowest BCUT2D eigenvalue weighted by Gasteiger charge is -2.04. The van der Waals surface area contributed by atoms with Crippen molar-refractivity contribution in [1.82, 2.24) is 0 Å². The smallest absolute Gasteiger partial charge is 0.120 e. The highest BCUT2D eigenvalue weighted by molar-refractivity contribution is 9.10. The van der Waals surface area contributed by atoms with Gasteiger partial charge in [0.15, 0.2) is 0 Å². The molecule has 1 rings (SSSR count). The Morgan fingerprint density at radius 2 is 2.17 bits per heavy atom. The van der Waals surface area contributed by atoms with Gasteiger partial charge in [-0.1, -0.05) is 15.9 Å². The van der Waals surface area contributed by atoms with Crippen LogP contribution in [0, 0.1) is 0 Å². The summed E-state index contributed by atoms with van der Waals surface area (Å²) in [6.45, 7) is 0.166. The van der Waals surface area contributed by atoms with E-state index in [1.54, 1.807) is 7.11 Å². The van der Waals surface area contributed by atoms with Gasteiger partial charge in [-0.3, -0.25) is 0 Å². The Balaban J connectivity index is 2.90. The first kappa shape index (κ1) is 9.55. The zero-order valence-corrected chi connectivity index (χ0v) is 8.47. The van der Waals surface area contributed by atoms with Gasteiger partial charge in [-0.15, -0.1) is 0 Å². The van der Waals surface area contributed by atoms with Crippen LogP contribution in [0.4, 0.5) is 0 Å². The highest BCUT2D eigenvalue weighted by atomic mass is 79.9. The van der Waals surface area contributed by atoms with E-state index in [1.165, 1.54) is 0 Å². The molecule has 0 aliphatic heterocycles. The van der Waals surface area contributed by atoms with Gasteiger partial charge in [0, 0.05) is 11.1 Å². The van der Waals surface area contributed by atoms with Crippen LogP contribution in [0.25, 0.3) is 0 Å². The molecular weight excluding hydrogens is 220 g/mol. The van der Waals surface area contributed by atoms with Gasteiger partial charge in [-0.2, -0.15) is 0 Å². The average molecular weight is 231 g/mol. The van der Waals surface area contributed by atoms with E-state index in [-0.39, 0.29) is 6.61 Å². The first-order chi connectivity index (χ1) is 5.76. The van der Waals surface area contributed by atoms with Crippen LogP contribution in [-0.2, 0) is 6.42 Å². The molecule has 0 fully saturated rings. The normalized spacial score (nSPS) is 9.92. The zero-order chi connectivity index (χ0) is 8.97. The van der Waals surface area contributed by atoms with Crippen molar-refractivity contribution >= 4 is 15.9 Å². The maximum absolute atomic E-state index is 8.72. The van der Waals surface area contributed by atoms with Gasteiger partial charge in [-0.05, 0) is 30.2 Å². The summed E-state index contributed by atoms with van der Waals surface area (Å²) in [6, 6.07) is 5.78. The Morgan fingerprint density at radius 1 is 1.42 bits per heavy atom. The number of ether oxygens (including phenoxy) is 1. The van der Waals surface area contributed by atoms with E-state index < -0.39 is 0 Å². The molecule has 0 unspecified atom stereocenters. The van der Waals surface area contributed by atoms with Gasteiger partial charge in [0.25, 0.3) is 0 Å². The highest BCUT2D eigenvalue weighted by Gasteiger charge is 1.98. The summed E-state index contributed by atoms with van der Waals surface area (Å²) in [5, 5.41) is 8.72. The number of benzene rings is 1. The van der Waals surface area contributed by atoms with Gasteiger partial charge in [0.1, 0.15) is 5.75 Å². The Hall–Kier alpha value is -0.540. The van der Waals surface area contributed by atoms with Crippen LogP contribution in [0.2, 0.25) is 0 Å². The SMILES string of the molecule is COc1cc(Br)cc(CCO)c1. The van der Waals surface area contributed by atoms with Crippen LogP contribution < -0.4 is 4.74 Å². The van der Waals surface area contributed by atoms with Crippen molar-refractivity contribution < 1.29 is 9.84 Å². The molecule has 0 bridgehead atoms. The van der Waals surface area contributed by atoms with E-state index >= 15 is 0 Å². The molecule has 12 heavy (non-hydrogen) atoms. The third-order valence-corrected chi connectivity index (χ3v) is 2.03. The molecular formula is C9H11BrO2. The van der Waals surface area contributed by atoms with Crippen molar-refractivity contribution in [3.8, 4) is 5.75 Å². The van der Waals surface area contributed by atoms with Crippen molar-refractivity contribution in [3.63, 3.8) is 0 Å². The number of aliphatic hydroxyl groups excluding tert-OH is 1. The molecule has 1 aromatic rings. The fourth-order valence-electron chi connectivity index (χ4n) is 1.01. The largest absolute Gasteiger partial charge is 0.497 e. The number of hydrogen-bond donors (Lipinski definition) is 1. The lowest BCUT2D eigenvalue weighted by atomic mass is 10.1. The molecule has 0 radical (unpaired) electrons. The lowest BCUT2D eigenvalue weighted by molar-refractivity contribution is 0.299. The molecule has 3 heteroatoms. The van der Waals surface area contributed by atoms with Gasteiger partial charge < -0.3 is 9.84 Å². The Bertz CT molecular complexity index is 261. The standard InChI is InChI=1S/C9H11BrO2/c1-12-9-5-7(2-3-11)4-8(10)6-9/h4-6,11H,2-3H2,1H3. The Labute approximate surface area is 80.3 Å². The quantitative estimate of drug-likeness (QED) is 0.861. The number of aliphatic hydroxyl groups is 1. The lowest BCUT2D eigenvalue weighted by Crippen LogP contribution is -1.92. The van der Waals surface area contributed by atoms with Crippen LogP contribution in [0.5, 0.6) is 5.75 Å². The molecule has 2 nitrogen and oxygen atoms in total. The van der Waals surface area contributed by atoms with E-state index in [9.17, 15) is 0 Å². The molecule has 1 N–H and O–H groups in total. The average Bonchev–Trinajstić information content (AvgIpc) is 2.04. The van der Waals surface area contributed by atoms with Crippen molar-refractivity contribution in [2.45, 2.75) is 6.42 Å². The second-order valence-electron chi connectivity index (χ2n) is 2.47. The number of hydrogen-bond acceptors (Lipinski definition) is 2. The monoisotopic (exact) mass is 230 g/mol. The Kier molecular flexibility index (Phi) is 3.56. The number of halogens is 1. The molecule has 0 atom stereocenters. The molecule has 0 aliphatic rings. The van der Waals surface area contributed by atoms with E-state index in [1.807, 2.05) is 18.2 Å². The fraction of sp³-hybridized carbons (Fsp3) is 0.333. The summed E-state index contributed by atoms with van der Waals surface area (Å²) in [7, 11) is 1.63. The second-order valence-corrected chi connectivity index (χ2v) is 3.39. The van der Waals surface area contributed by atoms with E-state index in [0.29, 0.717) is 6.42 Å². The van der Waals surface area contributed by atoms with Crippen LogP contribution in [-0.4, -0.2) is 18.8 Å². The molecule has 0 aliphatic carbocycles. The third kappa shape index (κ3) is 2.50. The second kappa shape index (κ2) is 4.48. The molecule has 0 spiro atoms. The van der Waals surface area contributed by atoms with Crippen LogP contribution >= 0.6 is 15.9 Å². The molecule has 0 aromatic heterocycles. The minimum absolute atomic E-state index is 0.166. The van der Waals surface area contributed by atoms with Gasteiger partial charge in [-0.25, -0.2) is 0 Å². The van der Waals surface area contributed by atoms with Gasteiger partial charge in [0.05, 0.1) is 7.11 Å².